The number of benzene rings is 1. The fraction of sp³-hybridized carbons (Fsp3) is 0.588. The molecule has 28 heavy (non-hydrogen) atoms. The summed E-state index contributed by atoms with van der Waals surface area (Å²) >= 11 is 0. The Morgan fingerprint density at radius 1 is 1.25 bits per heavy atom. The lowest BCUT2D eigenvalue weighted by Gasteiger charge is -2.38. The first-order chi connectivity index (χ1) is 13.2. The standard InChI is InChI=1S/C17H25N5O5S/c1-12(17(23)19-13-3-4-13)20-7-9-21(10-8-20)15-6-5-14(28(26,27)18-2)11-16(15)22(24)25/h5-6,11-13,18H,3-4,7-10H2,1-2H3,(H,19,23). The predicted octanol–water partition coefficient (Wildman–Crippen LogP) is 0.292. The number of carbonyl (C=O) groups excluding carboxylic acids is 1. The number of anilines is 1. The zero-order valence-corrected chi connectivity index (χ0v) is 16.7. The van der Waals surface area contributed by atoms with Gasteiger partial charge in [0.15, 0.2) is 0 Å². The number of nitrogens with one attached hydrogen (secondary N) is 2. The van der Waals surface area contributed by atoms with Crippen molar-refractivity contribution in [3.63, 3.8) is 0 Å². The van der Waals surface area contributed by atoms with Crippen LogP contribution in [0.25, 0.3) is 0 Å². The molecule has 1 atom stereocenters. The molecule has 1 heterocycles. The summed E-state index contributed by atoms with van der Waals surface area (Å²) in [6.07, 6.45) is 2.07. The lowest BCUT2D eigenvalue weighted by Crippen LogP contribution is -2.54. The van der Waals surface area contributed by atoms with Gasteiger partial charge in [0.25, 0.3) is 5.69 Å². The Labute approximate surface area is 164 Å². The van der Waals surface area contributed by atoms with Crippen LogP contribution < -0.4 is 14.9 Å². The molecule has 11 heteroatoms. The normalized spacial score (nSPS) is 19.3. The largest absolute Gasteiger partial charge is 0.363 e. The van der Waals surface area contributed by atoms with Gasteiger partial charge >= 0.3 is 0 Å². The molecule has 1 saturated heterocycles. The highest BCUT2D eigenvalue weighted by Gasteiger charge is 2.31. The molecule has 0 bridgehead atoms. The molecular weight excluding hydrogens is 386 g/mol. The van der Waals surface area contributed by atoms with Crippen molar-refractivity contribution in [2.45, 2.75) is 36.7 Å². The average Bonchev–Trinajstić information content (AvgIpc) is 3.51. The lowest BCUT2D eigenvalue weighted by atomic mass is 10.2. The average molecular weight is 411 g/mol. The molecule has 2 fully saturated rings. The van der Waals surface area contributed by atoms with Crippen LogP contribution in [0.5, 0.6) is 0 Å². The van der Waals surface area contributed by atoms with Crippen molar-refractivity contribution in [2.75, 3.05) is 38.1 Å². The van der Waals surface area contributed by atoms with Crippen LogP contribution >= 0.6 is 0 Å². The smallest absolute Gasteiger partial charge is 0.293 e. The second kappa shape index (κ2) is 8.02. The van der Waals surface area contributed by atoms with Gasteiger partial charge in [-0.1, -0.05) is 0 Å². The second-order valence-corrected chi connectivity index (χ2v) is 8.98. The van der Waals surface area contributed by atoms with Gasteiger partial charge < -0.3 is 10.2 Å². The maximum absolute atomic E-state index is 12.2. The van der Waals surface area contributed by atoms with Crippen molar-refractivity contribution >= 4 is 27.3 Å². The first-order valence-electron chi connectivity index (χ1n) is 9.24. The number of piperazine rings is 1. The van der Waals surface area contributed by atoms with E-state index in [9.17, 15) is 23.3 Å². The van der Waals surface area contributed by atoms with Crippen LogP contribution in [0.2, 0.25) is 0 Å². The predicted molar refractivity (Wildman–Crippen MR) is 104 cm³/mol. The molecule has 2 aliphatic rings. The molecule has 0 spiro atoms. The third-order valence-corrected chi connectivity index (χ3v) is 6.64. The number of rotatable bonds is 7. The zero-order chi connectivity index (χ0) is 20.5. The third-order valence-electron chi connectivity index (χ3n) is 5.23. The maximum atomic E-state index is 12.2. The van der Waals surface area contributed by atoms with E-state index in [0.29, 0.717) is 37.9 Å². The Morgan fingerprint density at radius 3 is 2.43 bits per heavy atom. The van der Waals surface area contributed by atoms with Crippen molar-refractivity contribution in [1.82, 2.24) is 14.9 Å². The molecule has 10 nitrogen and oxygen atoms in total. The molecule has 154 valence electrons. The lowest BCUT2D eigenvalue weighted by molar-refractivity contribution is -0.384. The minimum absolute atomic E-state index is 0.0172. The van der Waals surface area contributed by atoms with Gasteiger partial charge in [-0.15, -0.1) is 0 Å². The Bertz CT molecular complexity index is 863. The number of carbonyl (C=O) groups is 1. The minimum atomic E-state index is -3.76. The Balaban J connectivity index is 1.71. The van der Waals surface area contributed by atoms with E-state index in [1.165, 1.54) is 19.2 Å². The van der Waals surface area contributed by atoms with Gasteiger partial charge in [0.2, 0.25) is 15.9 Å². The molecule has 1 saturated carbocycles. The highest BCUT2D eigenvalue weighted by molar-refractivity contribution is 7.89. The van der Waals surface area contributed by atoms with Gasteiger partial charge in [0.05, 0.1) is 15.9 Å². The molecule has 3 rings (SSSR count). The minimum Gasteiger partial charge on any atom is -0.363 e. The number of amides is 1. The topological polar surface area (TPSA) is 125 Å². The molecule has 1 aromatic rings. The highest BCUT2D eigenvalue weighted by Crippen LogP contribution is 2.31. The molecule has 1 amide bonds. The van der Waals surface area contributed by atoms with E-state index in [1.54, 1.807) is 0 Å². The number of nitro benzene ring substituents is 1. The summed E-state index contributed by atoms with van der Waals surface area (Å²) in [6, 6.07) is 3.99. The second-order valence-electron chi connectivity index (χ2n) is 7.10. The summed E-state index contributed by atoms with van der Waals surface area (Å²) < 4.78 is 26.0. The van der Waals surface area contributed by atoms with E-state index in [4.69, 9.17) is 0 Å². The van der Waals surface area contributed by atoms with Crippen LogP contribution in [-0.4, -0.2) is 69.5 Å². The fourth-order valence-corrected chi connectivity index (χ4v) is 4.02. The van der Waals surface area contributed by atoms with Gasteiger partial charge in [0, 0.05) is 38.3 Å². The molecular formula is C17H25N5O5S. The highest BCUT2D eigenvalue weighted by atomic mass is 32.2. The molecule has 1 aliphatic carbocycles. The van der Waals surface area contributed by atoms with Gasteiger partial charge in [-0.05, 0) is 38.9 Å². The van der Waals surface area contributed by atoms with Gasteiger partial charge in [-0.3, -0.25) is 19.8 Å². The summed E-state index contributed by atoms with van der Waals surface area (Å²) in [5.74, 6) is 0.0172. The number of hydrogen-bond acceptors (Lipinski definition) is 7. The van der Waals surface area contributed by atoms with Crippen LogP contribution in [0.1, 0.15) is 19.8 Å². The zero-order valence-electron chi connectivity index (χ0n) is 15.9. The Morgan fingerprint density at radius 2 is 1.89 bits per heavy atom. The van der Waals surface area contributed by atoms with Crippen LogP contribution in [0, 0.1) is 10.1 Å². The molecule has 1 aliphatic heterocycles. The van der Waals surface area contributed by atoms with Crippen LogP contribution in [0.4, 0.5) is 11.4 Å². The summed E-state index contributed by atoms with van der Waals surface area (Å²) in [4.78, 5) is 26.9. The van der Waals surface area contributed by atoms with Crippen LogP contribution in [0.3, 0.4) is 0 Å². The first kappa shape index (κ1) is 20.5. The van der Waals surface area contributed by atoms with Crippen molar-refractivity contribution in [2.24, 2.45) is 0 Å². The summed E-state index contributed by atoms with van der Waals surface area (Å²) in [5, 5.41) is 14.5. The number of nitro groups is 1. The number of hydrogen-bond donors (Lipinski definition) is 2. The van der Waals surface area contributed by atoms with E-state index in [1.807, 2.05) is 11.8 Å². The molecule has 2 N–H and O–H groups in total. The molecule has 0 aromatic heterocycles. The molecule has 1 aromatic carbocycles. The number of sulfonamides is 1. The van der Waals surface area contributed by atoms with Crippen molar-refractivity contribution in [3.05, 3.63) is 28.3 Å². The quantitative estimate of drug-likeness (QED) is 0.488. The fourth-order valence-electron chi connectivity index (χ4n) is 3.27. The van der Waals surface area contributed by atoms with Crippen molar-refractivity contribution < 1.29 is 18.1 Å². The first-order valence-corrected chi connectivity index (χ1v) is 10.7. The monoisotopic (exact) mass is 411 g/mol. The van der Waals surface area contributed by atoms with Crippen LogP contribution in [0.15, 0.2) is 23.1 Å². The Hall–Kier alpha value is -2.24. The van der Waals surface area contributed by atoms with E-state index in [0.717, 1.165) is 18.9 Å². The third kappa shape index (κ3) is 4.42. The van der Waals surface area contributed by atoms with E-state index in [-0.39, 0.29) is 22.5 Å². The van der Waals surface area contributed by atoms with E-state index < -0.39 is 14.9 Å². The SMILES string of the molecule is CNS(=O)(=O)c1ccc(N2CCN(C(C)C(=O)NC3CC3)CC2)c([N+](=O)[O-])c1. The maximum Gasteiger partial charge on any atom is 0.293 e. The Kier molecular flexibility index (Phi) is 5.87. The molecule has 0 radical (unpaired) electrons. The molecule has 1 unspecified atom stereocenters. The van der Waals surface area contributed by atoms with Gasteiger partial charge in [0.1, 0.15) is 5.69 Å². The summed E-state index contributed by atoms with van der Waals surface area (Å²) in [6.45, 7) is 4.08. The summed E-state index contributed by atoms with van der Waals surface area (Å²) in [5.41, 5.74) is 0.138. The van der Waals surface area contributed by atoms with Gasteiger partial charge in [-0.25, -0.2) is 13.1 Å². The van der Waals surface area contributed by atoms with Crippen molar-refractivity contribution in [1.29, 1.82) is 0 Å². The number of nitrogens with zero attached hydrogens (tertiary/aromatic N) is 3. The van der Waals surface area contributed by atoms with Gasteiger partial charge in [-0.2, -0.15) is 0 Å². The summed E-state index contributed by atoms with van der Waals surface area (Å²) in [7, 11) is -2.50. The van der Waals surface area contributed by atoms with Crippen molar-refractivity contribution in [3.8, 4) is 0 Å². The van der Waals surface area contributed by atoms with Crippen LogP contribution in [-0.2, 0) is 14.8 Å². The van der Waals surface area contributed by atoms with E-state index in [2.05, 4.69) is 14.9 Å². The van der Waals surface area contributed by atoms with E-state index >= 15 is 0 Å².